The van der Waals surface area contributed by atoms with Crippen molar-refractivity contribution in [3.63, 3.8) is 0 Å². The lowest BCUT2D eigenvalue weighted by atomic mass is 9.76. The molecule has 2 aliphatic carbocycles. The summed E-state index contributed by atoms with van der Waals surface area (Å²) >= 11 is 6.29. The number of nitrogens with one attached hydrogen (secondary N) is 1. The molecule has 0 heterocycles. The van der Waals surface area contributed by atoms with E-state index in [1.54, 1.807) is 6.08 Å². The van der Waals surface area contributed by atoms with E-state index < -0.39 is 44.0 Å². The van der Waals surface area contributed by atoms with Gasteiger partial charge in [-0.15, -0.1) is 6.58 Å². The van der Waals surface area contributed by atoms with Crippen molar-refractivity contribution < 1.29 is 36.2 Å². The molecule has 2 bridgehead atoms. The third-order valence-electron chi connectivity index (χ3n) is 7.26. The van der Waals surface area contributed by atoms with Gasteiger partial charge in [-0.1, -0.05) is 24.6 Å². The van der Waals surface area contributed by atoms with Gasteiger partial charge in [0.1, 0.15) is 0 Å². The summed E-state index contributed by atoms with van der Waals surface area (Å²) in [4.78, 5) is 12.5. The summed E-state index contributed by atoms with van der Waals surface area (Å²) in [6.07, 6.45) is 2.67. The summed E-state index contributed by atoms with van der Waals surface area (Å²) in [5, 5.41) is 12.5. The van der Waals surface area contributed by atoms with Crippen molar-refractivity contribution in [2.24, 2.45) is 17.8 Å². The van der Waals surface area contributed by atoms with Crippen LogP contribution in [0.1, 0.15) is 36.5 Å². The van der Waals surface area contributed by atoms with Gasteiger partial charge in [0.05, 0.1) is 34.0 Å². The molecule has 2 fully saturated rings. The third kappa shape index (κ3) is 5.43. The van der Waals surface area contributed by atoms with Crippen LogP contribution in [0.2, 0.25) is 5.02 Å². The van der Waals surface area contributed by atoms with E-state index in [0.29, 0.717) is 18.6 Å². The maximum atomic E-state index is 13.9. The van der Waals surface area contributed by atoms with Gasteiger partial charge >= 0.3 is 0 Å². The fourth-order valence-electron chi connectivity index (χ4n) is 5.76. The molecule has 4 rings (SSSR count). The molecule has 0 aromatic heterocycles. The molecule has 0 saturated heterocycles. The van der Waals surface area contributed by atoms with Crippen LogP contribution in [-0.2, 0) is 14.6 Å². The van der Waals surface area contributed by atoms with Crippen molar-refractivity contribution in [3.05, 3.63) is 71.0 Å². The standard InChI is InChI=1S/C26H27ClF3NO5S/c1-3-6-36-13-26(33)11-16-7-14(2)18(12-26)24(16)37(34,35)22-8-15(4-5-19(22)27)25(32)31-17-9-20(28)23(30)21(29)10-17/h3-5,8-10,14,16,18,24,33H,1,6-7,11-13H2,2H3,(H,31,32)/t14-,16-,18?,24?,26+/m0/s1. The Bertz CT molecular complexity index is 1310. The number of benzene rings is 2. The second-order valence-electron chi connectivity index (χ2n) is 9.94. The predicted molar refractivity (Wildman–Crippen MR) is 133 cm³/mol. The zero-order chi connectivity index (χ0) is 27.1. The minimum absolute atomic E-state index is 0.0340. The van der Waals surface area contributed by atoms with E-state index in [0.717, 1.165) is 6.07 Å². The molecular weight excluding hydrogens is 531 g/mol. The van der Waals surface area contributed by atoms with Crippen LogP contribution in [0.4, 0.5) is 18.9 Å². The fourth-order valence-corrected chi connectivity index (χ4v) is 8.66. The molecule has 11 heteroatoms. The number of ether oxygens (including phenoxy) is 1. The van der Waals surface area contributed by atoms with Gasteiger partial charge in [-0.3, -0.25) is 4.79 Å². The average molecular weight is 558 g/mol. The van der Waals surface area contributed by atoms with Crippen LogP contribution < -0.4 is 5.32 Å². The lowest BCUT2D eigenvalue weighted by Crippen LogP contribution is -2.49. The number of amides is 1. The highest BCUT2D eigenvalue weighted by Gasteiger charge is 2.57. The lowest BCUT2D eigenvalue weighted by Gasteiger charge is -2.41. The van der Waals surface area contributed by atoms with Crippen molar-refractivity contribution in [1.82, 2.24) is 0 Å². The maximum Gasteiger partial charge on any atom is 0.255 e. The second-order valence-corrected chi connectivity index (χ2v) is 12.4. The van der Waals surface area contributed by atoms with Gasteiger partial charge in [-0.05, 0) is 55.2 Å². The molecule has 0 spiro atoms. The zero-order valence-corrected chi connectivity index (χ0v) is 21.6. The monoisotopic (exact) mass is 557 g/mol. The lowest BCUT2D eigenvalue weighted by molar-refractivity contribution is -0.0792. The van der Waals surface area contributed by atoms with E-state index in [9.17, 15) is 31.5 Å². The number of sulfone groups is 1. The van der Waals surface area contributed by atoms with Crippen LogP contribution in [0.3, 0.4) is 0 Å². The molecule has 1 amide bonds. The van der Waals surface area contributed by atoms with E-state index in [-0.39, 0.29) is 65.0 Å². The van der Waals surface area contributed by atoms with Gasteiger partial charge in [0.2, 0.25) is 0 Å². The number of hydrogen-bond donors (Lipinski definition) is 2. The summed E-state index contributed by atoms with van der Waals surface area (Å²) in [7, 11) is -4.03. The molecule has 5 atom stereocenters. The summed E-state index contributed by atoms with van der Waals surface area (Å²) in [6.45, 7) is 5.89. The fraction of sp³-hybridized carbons (Fsp3) is 0.423. The highest BCUT2D eigenvalue weighted by molar-refractivity contribution is 7.92. The molecule has 200 valence electrons. The van der Waals surface area contributed by atoms with Crippen LogP contribution in [0.15, 0.2) is 47.9 Å². The van der Waals surface area contributed by atoms with Crippen LogP contribution in [0.5, 0.6) is 0 Å². The quantitative estimate of drug-likeness (QED) is 0.266. The number of halogens is 4. The maximum absolute atomic E-state index is 13.9. The van der Waals surface area contributed by atoms with E-state index >= 15 is 0 Å². The first-order valence-electron chi connectivity index (χ1n) is 11.8. The van der Waals surface area contributed by atoms with Crippen molar-refractivity contribution in [2.75, 3.05) is 18.5 Å². The van der Waals surface area contributed by atoms with Gasteiger partial charge in [-0.25, -0.2) is 21.6 Å². The zero-order valence-electron chi connectivity index (χ0n) is 20.0. The summed E-state index contributed by atoms with van der Waals surface area (Å²) in [5.41, 5.74) is -1.60. The summed E-state index contributed by atoms with van der Waals surface area (Å²) < 4.78 is 73.5. The van der Waals surface area contributed by atoms with E-state index in [4.69, 9.17) is 16.3 Å². The van der Waals surface area contributed by atoms with Crippen LogP contribution >= 0.6 is 11.6 Å². The van der Waals surface area contributed by atoms with Gasteiger partial charge in [0, 0.05) is 23.4 Å². The number of rotatable bonds is 8. The van der Waals surface area contributed by atoms with Gasteiger partial charge in [0.25, 0.3) is 5.91 Å². The second kappa shape index (κ2) is 10.4. The van der Waals surface area contributed by atoms with Gasteiger partial charge in [-0.2, -0.15) is 0 Å². The molecule has 2 unspecified atom stereocenters. The minimum atomic E-state index is -4.03. The minimum Gasteiger partial charge on any atom is -0.387 e. The Morgan fingerprint density at radius 1 is 1.24 bits per heavy atom. The topological polar surface area (TPSA) is 92.7 Å². The highest BCUT2D eigenvalue weighted by atomic mass is 35.5. The van der Waals surface area contributed by atoms with Crippen LogP contribution in [0.25, 0.3) is 0 Å². The van der Waals surface area contributed by atoms with Crippen molar-refractivity contribution in [2.45, 2.75) is 41.9 Å². The van der Waals surface area contributed by atoms with E-state index in [2.05, 4.69) is 11.9 Å². The Morgan fingerprint density at radius 2 is 1.92 bits per heavy atom. The molecule has 2 N–H and O–H groups in total. The van der Waals surface area contributed by atoms with Crippen molar-refractivity contribution >= 4 is 33.0 Å². The van der Waals surface area contributed by atoms with Crippen LogP contribution in [0, 0.1) is 35.2 Å². The number of carbonyl (C=O) groups excluding carboxylic acids is 1. The molecule has 2 aromatic carbocycles. The Labute approximate surface area is 218 Å². The highest BCUT2D eigenvalue weighted by Crippen LogP contribution is 2.54. The van der Waals surface area contributed by atoms with Gasteiger partial charge < -0.3 is 15.2 Å². The molecule has 37 heavy (non-hydrogen) atoms. The molecule has 2 aliphatic rings. The summed E-state index contributed by atoms with van der Waals surface area (Å²) in [5.74, 6) is -6.14. The predicted octanol–water partition coefficient (Wildman–Crippen LogP) is 5.15. The number of carbonyl (C=O) groups is 1. The first-order chi connectivity index (χ1) is 17.4. The first kappa shape index (κ1) is 27.6. The Kier molecular flexibility index (Phi) is 7.77. The Morgan fingerprint density at radius 3 is 2.54 bits per heavy atom. The smallest absolute Gasteiger partial charge is 0.255 e. The molecule has 2 aromatic rings. The SMILES string of the molecule is C=CCOC[C@]1(O)CC2C(S(=O)(=O)c3cc(C(=O)Nc4cc(F)c(F)c(F)c4)ccc3Cl)[C@@H](C[C@@H]2C)C1. The number of hydrogen-bond acceptors (Lipinski definition) is 5. The molecule has 0 aliphatic heterocycles. The molecule has 2 saturated carbocycles. The summed E-state index contributed by atoms with van der Waals surface area (Å²) in [6, 6.07) is 4.90. The normalized spacial score (nSPS) is 27.2. The number of fused-ring (bicyclic) bond motifs is 2. The molecular formula is C26H27ClF3NO5S. The van der Waals surface area contributed by atoms with E-state index in [1.165, 1.54) is 12.1 Å². The van der Waals surface area contributed by atoms with E-state index in [1.807, 2.05) is 6.92 Å². The number of aliphatic hydroxyl groups is 1. The van der Waals surface area contributed by atoms with Crippen LogP contribution in [-0.4, -0.2) is 43.5 Å². The third-order valence-corrected chi connectivity index (χ3v) is 10.1. The molecule has 6 nitrogen and oxygen atoms in total. The average Bonchev–Trinajstić information content (AvgIpc) is 3.04. The molecule has 0 radical (unpaired) electrons. The largest absolute Gasteiger partial charge is 0.387 e. The Balaban J connectivity index is 1.60. The van der Waals surface area contributed by atoms with Crippen molar-refractivity contribution in [3.8, 4) is 0 Å². The number of anilines is 1. The Hall–Kier alpha value is -2.40. The van der Waals surface area contributed by atoms with Gasteiger partial charge in [0.15, 0.2) is 27.3 Å². The first-order valence-corrected chi connectivity index (χ1v) is 13.7. The van der Waals surface area contributed by atoms with Crippen molar-refractivity contribution in [1.29, 1.82) is 0 Å².